The minimum Gasteiger partial charge on any atom is -0.491 e. The number of aliphatic hydroxyl groups excluding tert-OH is 6. The second-order valence-corrected chi connectivity index (χ2v) is 14.6. The highest BCUT2D eigenvalue weighted by atomic mass is 16.5. The molecule has 0 aromatic heterocycles. The number of benzene rings is 4. The zero-order chi connectivity index (χ0) is 41.3. The SMILES string of the molecule is CC(C)c1cccc(OC[C@@H](O)CO)c1.CC(C)c1ccccc1OC[C@@H](O)CO.CC(C)c1ccccc1OC[C@H](O)CO.Cc1cccc(C(C)C)c1. The second kappa shape index (κ2) is 27.6. The first kappa shape index (κ1) is 49.1. The van der Waals surface area contributed by atoms with Crippen LogP contribution in [0.15, 0.2) is 97.1 Å². The second-order valence-electron chi connectivity index (χ2n) is 14.6. The normalized spacial score (nSPS) is 12.4. The predicted octanol–water partition coefficient (Wildman–Crippen LogP) is 7.74. The number of aliphatic hydroxyl groups is 6. The largest absolute Gasteiger partial charge is 0.491 e. The molecule has 9 nitrogen and oxygen atoms in total. The van der Waals surface area contributed by atoms with Crippen molar-refractivity contribution in [3.8, 4) is 17.2 Å². The molecule has 0 aliphatic heterocycles. The highest BCUT2D eigenvalue weighted by molar-refractivity contribution is 5.36. The summed E-state index contributed by atoms with van der Waals surface area (Å²) < 4.78 is 16.2. The van der Waals surface area contributed by atoms with Crippen molar-refractivity contribution in [1.29, 1.82) is 0 Å². The topological polar surface area (TPSA) is 149 Å². The number of hydrogen-bond acceptors (Lipinski definition) is 9. The predicted molar refractivity (Wildman–Crippen MR) is 223 cm³/mol. The number of rotatable bonds is 16. The number of hydrogen-bond donors (Lipinski definition) is 6. The van der Waals surface area contributed by atoms with E-state index in [1.54, 1.807) is 0 Å². The maximum absolute atomic E-state index is 9.17. The molecule has 0 unspecified atom stereocenters. The summed E-state index contributed by atoms with van der Waals surface area (Å²) in [6.07, 6.45) is -2.44. The molecule has 9 heteroatoms. The van der Waals surface area contributed by atoms with Crippen molar-refractivity contribution in [2.45, 2.75) is 104 Å². The molecule has 306 valence electrons. The van der Waals surface area contributed by atoms with Gasteiger partial charge in [0.05, 0.1) is 19.8 Å². The van der Waals surface area contributed by atoms with E-state index in [0.717, 1.165) is 28.4 Å². The summed E-state index contributed by atoms with van der Waals surface area (Å²) in [5.74, 6) is 4.16. The fourth-order valence-electron chi connectivity index (χ4n) is 4.89. The van der Waals surface area contributed by atoms with Gasteiger partial charge in [-0.3, -0.25) is 0 Å². The lowest BCUT2D eigenvalue weighted by Gasteiger charge is -2.15. The van der Waals surface area contributed by atoms with Crippen LogP contribution < -0.4 is 14.2 Å². The van der Waals surface area contributed by atoms with Crippen LogP contribution in [0, 0.1) is 6.92 Å². The number of aryl methyl sites for hydroxylation is 1. The molecule has 0 spiro atoms. The lowest BCUT2D eigenvalue weighted by molar-refractivity contribution is 0.0532. The lowest BCUT2D eigenvalue weighted by atomic mass is 10.0. The Balaban J connectivity index is 0.000000370. The molecule has 0 fully saturated rings. The van der Waals surface area contributed by atoms with E-state index in [1.807, 2.05) is 72.8 Å². The van der Waals surface area contributed by atoms with Crippen molar-refractivity contribution >= 4 is 0 Å². The number of para-hydroxylation sites is 2. The number of ether oxygens (including phenoxy) is 3. The fraction of sp³-hybridized carbons (Fsp3) is 0.478. The van der Waals surface area contributed by atoms with Crippen molar-refractivity contribution in [2.75, 3.05) is 39.6 Å². The van der Waals surface area contributed by atoms with Gasteiger partial charge in [-0.25, -0.2) is 0 Å². The van der Waals surface area contributed by atoms with E-state index < -0.39 is 18.3 Å². The molecule has 4 aromatic rings. The quantitative estimate of drug-likeness (QED) is 0.0674. The van der Waals surface area contributed by atoms with Gasteiger partial charge in [0.25, 0.3) is 0 Å². The van der Waals surface area contributed by atoms with Gasteiger partial charge in [0.15, 0.2) is 0 Å². The highest BCUT2D eigenvalue weighted by Crippen LogP contribution is 2.27. The monoisotopic (exact) mass is 764 g/mol. The smallest absolute Gasteiger partial charge is 0.122 e. The molecule has 4 rings (SSSR count). The Kier molecular flexibility index (Phi) is 24.6. The Morgan fingerprint density at radius 1 is 0.436 bits per heavy atom. The van der Waals surface area contributed by atoms with Crippen LogP contribution in [0.3, 0.4) is 0 Å². The van der Waals surface area contributed by atoms with Gasteiger partial charge in [0, 0.05) is 0 Å². The van der Waals surface area contributed by atoms with Crippen molar-refractivity contribution < 1.29 is 44.8 Å². The third-order valence-corrected chi connectivity index (χ3v) is 8.25. The molecule has 3 atom stereocenters. The van der Waals surface area contributed by atoms with Crippen LogP contribution >= 0.6 is 0 Å². The standard InChI is InChI=1S/3C12H18O3.C10H14/c1-9(2)10-4-3-5-12(6-10)15-8-11(14)7-13;2*1-9(2)11-5-3-4-6-12(11)15-8-10(14)7-13;1-8(2)10-6-4-5-9(3)7-10/h3-6,9,11,13-14H,7-8H2,1-2H3;2*3-6,9-10,13-14H,7-8H2,1-2H3;4-8H,1-3H3/t11-;2*10-;/m010./s1. The highest BCUT2D eigenvalue weighted by Gasteiger charge is 2.10. The summed E-state index contributed by atoms with van der Waals surface area (Å²) in [5.41, 5.74) is 6.21. The van der Waals surface area contributed by atoms with Crippen LogP contribution in [0.4, 0.5) is 0 Å². The Hall–Kier alpha value is -3.96. The minimum absolute atomic E-state index is 0.123. The van der Waals surface area contributed by atoms with E-state index in [0.29, 0.717) is 23.7 Å². The van der Waals surface area contributed by atoms with Gasteiger partial charge >= 0.3 is 0 Å². The third kappa shape index (κ3) is 20.5. The average Bonchev–Trinajstić information content (AvgIpc) is 3.18. The van der Waals surface area contributed by atoms with Gasteiger partial charge in [0.2, 0.25) is 0 Å². The van der Waals surface area contributed by atoms with E-state index in [2.05, 4.69) is 86.6 Å². The fourth-order valence-corrected chi connectivity index (χ4v) is 4.89. The molecule has 0 aliphatic rings. The molecular weight excluding hydrogens is 696 g/mol. The maximum atomic E-state index is 9.17. The molecule has 0 aliphatic carbocycles. The summed E-state index contributed by atoms with van der Waals surface area (Å²) in [6.45, 7) is 18.7. The van der Waals surface area contributed by atoms with Crippen molar-refractivity contribution in [2.24, 2.45) is 0 Å². The summed E-state index contributed by atoms with van der Waals surface area (Å²) in [4.78, 5) is 0. The molecule has 0 amide bonds. The Labute approximate surface area is 330 Å². The van der Waals surface area contributed by atoms with Gasteiger partial charge in [-0.15, -0.1) is 0 Å². The Bertz CT molecular complexity index is 1510. The molecule has 0 heterocycles. The van der Waals surface area contributed by atoms with E-state index in [1.165, 1.54) is 16.7 Å². The first-order valence-electron chi connectivity index (χ1n) is 19.2. The summed E-state index contributed by atoms with van der Waals surface area (Å²) in [7, 11) is 0. The van der Waals surface area contributed by atoms with Crippen molar-refractivity contribution in [3.05, 3.63) is 125 Å². The molecule has 0 saturated heterocycles. The molecule has 6 N–H and O–H groups in total. The van der Waals surface area contributed by atoms with E-state index in [-0.39, 0.29) is 39.6 Å². The molecule has 4 aromatic carbocycles. The lowest BCUT2D eigenvalue weighted by Crippen LogP contribution is -2.21. The van der Waals surface area contributed by atoms with E-state index in [4.69, 9.17) is 34.6 Å². The van der Waals surface area contributed by atoms with Crippen LogP contribution in [0.2, 0.25) is 0 Å². The third-order valence-electron chi connectivity index (χ3n) is 8.25. The molecule has 55 heavy (non-hydrogen) atoms. The summed E-state index contributed by atoms with van der Waals surface area (Å²) in [6, 6.07) is 31.9. The average molecular weight is 765 g/mol. The zero-order valence-electron chi connectivity index (χ0n) is 34.4. The molecular formula is C46H68O9. The van der Waals surface area contributed by atoms with Crippen molar-refractivity contribution in [3.63, 3.8) is 0 Å². The minimum atomic E-state index is -0.815. The Morgan fingerprint density at radius 2 is 0.818 bits per heavy atom. The van der Waals surface area contributed by atoms with Crippen LogP contribution in [-0.4, -0.2) is 88.6 Å². The summed E-state index contributed by atoms with van der Waals surface area (Å²) in [5, 5.41) is 53.4. The van der Waals surface area contributed by atoms with Gasteiger partial charge in [-0.05, 0) is 77.1 Å². The summed E-state index contributed by atoms with van der Waals surface area (Å²) >= 11 is 0. The maximum Gasteiger partial charge on any atom is 0.122 e. The van der Waals surface area contributed by atoms with Crippen LogP contribution in [0.5, 0.6) is 17.2 Å². The molecule has 0 bridgehead atoms. The molecule has 0 radical (unpaired) electrons. The van der Waals surface area contributed by atoms with E-state index in [9.17, 15) is 10.2 Å². The van der Waals surface area contributed by atoms with Gasteiger partial charge in [-0.1, -0.05) is 134 Å². The molecule has 0 saturated carbocycles. The van der Waals surface area contributed by atoms with Gasteiger partial charge in [0.1, 0.15) is 55.4 Å². The van der Waals surface area contributed by atoms with Crippen LogP contribution in [0.1, 0.15) is 107 Å². The van der Waals surface area contributed by atoms with Gasteiger partial charge < -0.3 is 44.8 Å². The van der Waals surface area contributed by atoms with Gasteiger partial charge in [-0.2, -0.15) is 0 Å². The van der Waals surface area contributed by atoms with Crippen molar-refractivity contribution in [1.82, 2.24) is 0 Å². The zero-order valence-corrected chi connectivity index (χ0v) is 34.4. The first-order chi connectivity index (χ1) is 26.1. The van der Waals surface area contributed by atoms with Crippen LogP contribution in [0.25, 0.3) is 0 Å². The first-order valence-corrected chi connectivity index (χ1v) is 19.2. The van der Waals surface area contributed by atoms with Crippen LogP contribution in [-0.2, 0) is 0 Å². The Morgan fingerprint density at radius 3 is 1.18 bits per heavy atom. The van der Waals surface area contributed by atoms with E-state index >= 15 is 0 Å².